The van der Waals surface area contributed by atoms with Gasteiger partial charge < -0.3 is 19.5 Å². The van der Waals surface area contributed by atoms with Gasteiger partial charge in [0.15, 0.2) is 0 Å². The van der Waals surface area contributed by atoms with Crippen LogP contribution in [0, 0.1) is 0 Å². The number of alkyl carbamates (subject to hydrolysis) is 1. The Bertz CT molecular complexity index is 655. The highest BCUT2D eigenvalue weighted by molar-refractivity contribution is 9.11. The molecule has 0 saturated carbocycles. The monoisotopic (exact) mass is 565 g/mol. The molecule has 1 aromatic carbocycles. The number of benzene rings is 1. The summed E-state index contributed by atoms with van der Waals surface area (Å²) in [7, 11) is 0. The van der Waals surface area contributed by atoms with Crippen LogP contribution in [0.25, 0.3) is 0 Å². The number of esters is 1. The molecule has 6 nitrogen and oxygen atoms in total. The van der Waals surface area contributed by atoms with Gasteiger partial charge in [0.1, 0.15) is 25.6 Å². The van der Waals surface area contributed by atoms with Crippen molar-refractivity contribution in [3.63, 3.8) is 0 Å². The van der Waals surface area contributed by atoms with E-state index in [-0.39, 0.29) is 31.8 Å². The van der Waals surface area contributed by atoms with Gasteiger partial charge >= 0.3 is 12.1 Å². The van der Waals surface area contributed by atoms with Crippen LogP contribution in [0.15, 0.2) is 33.7 Å². The number of ether oxygens (including phenoxy) is 3. The third kappa shape index (κ3) is 12.8. The third-order valence-corrected chi connectivity index (χ3v) is 5.19. The number of rotatable bonds is 10. The average molecular weight is 567 g/mol. The number of nitrogens with one attached hydrogen (secondary N) is 1. The summed E-state index contributed by atoms with van der Waals surface area (Å²) in [6.45, 7) is 18.3. The number of hydrogen-bond acceptors (Lipinski definition) is 5. The van der Waals surface area contributed by atoms with Crippen molar-refractivity contribution >= 4 is 43.9 Å². The maximum Gasteiger partial charge on any atom is 0.407 e. The lowest BCUT2D eigenvalue weighted by atomic mass is 9.82. The SMILES string of the molecule is C=CC(=O)OCCNC(=O)OCCOc1c(Br)cc(C(C)(C)CC)cc1Br.CC.CC. The van der Waals surface area contributed by atoms with Gasteiger partial charge in [0.2, 0.25) is 0 Å². The highest BCUT2D eigenvalue weighted by Gasteiger charge is 2.21. The van der Waals surface area contributed by atoms with E-state index in [1.54, 1.807) is 0 Å². The molecule has 0 aliphatic carbocycles. The van der Waals surface area contributed by atoms with Gasteiger partial charge in [0.05, 0.1) is 15.5 Å². The van der Waals surface area contributed by atoms with Gasteiger partial charge in [-0.2, -0.15) is 0 Å². The molecular formula is C23H37Br2NO5. The van der Waals surface area contributed by atoms with Crippen LogP contribution < -0.4 is 10.1 Å². The Kier molecular flexibility index (Phi) is 18.4. The van der Waals surface area contributed by atoms with Crippen molar-refractivity contribution in [1.82, 2.24) is 5.32 Å². The summed E-state index contributed by atoms with van der Waals surface area (Å²) in [5, 5.41) is 2.47. The third-order valence-electron chi connectivity index (χ3n) is 4.01. The number of amides is 1. The van der Waals surface area contributed by atoms with Crippen LogP contribution in [0.3, 0.4) is 0 Å². The van der Waals surface area contributed by atoms with E-state index in [2.05, 4.69) is 64.5 Å². The van der Waals surface area contributed by atoms with Crippen LogP contribution >= 0.6 is 31.9 Å². The van der Waals surface area contributed by atoms with E-state index in [4.69, 9.17) is 14.2 Å². The minimum atomic E-state index is -0.605. The summed E-state index contributed by atoms with van der Waals surface area (Å²) in [4.78, 5) is 22.4. The number of halogens is 2. The second-order valence-electron chi connectivity index (χ2n) is 6.29. The van der Waals surface area contributed by atoms with E-state index < -0.39 is 12.1 Å². The van der Waals surface area contributed by atoms with Crippen LogP contribution in [0.5, 0.6) is 5.75 Å². The van der Waals surface area contributed by atoms with Crippen molar-refractivity contribution < 1.29 is 23.8 Å². The summed E-state index contributed by atoms with van der Waals surface area (Å²) in [5.74, 6) is 0.120. The standard InChI is InChI=1S/C19H25Br2NO5.2C2H6/c1-5-16(23)25-8-7-22-18(24)27-10-9-26-17-14(20)11-13(12-15(17)21)19(3,4)6-2;2*1-2/h5,11-12H,1,6-10H2,2-4H3,(H,22,24);2*1-2H3. The molecule has 0 spiro atoms. The fraction of sp³-hybridized carbons (Fsp3) is 0.565. The minimum Gasteiger partial charge on any atom is -0.488 e. The molecule has 1 amide bonds. The van der Waals surface area contributed by atoms with Crippen LogP contribution in [0.1, 0.15) is 60.5 Å². The molecule has 0 heterocycles. The van der Waals surface area contributed by atoms with E-state index in [9.17, 15) is 9.59 Å². The average Bonchev–Trinajstić information content (AvgIpc) is 2.78. The summed E-state index contributed by atoms with van der Waals surface area (Å²) in [5.41, 5.74) is 1.26. The molecule has 0 aliphatic heterocycles. The fourth-order valence-electron chi connectivity index (χ4n) is 1.99. The minimum absolute atomic E-state index is 0.0524. The first-order chi connectivity index (χ1) is 14.7. The summed E-state index contributed by atoms with van der Waals surface area (Å²) in [6, 6.07) is 4.09. The molecule has 1 rings (SSSR count). The van der Waals surface area contributed by atoms with Gasteiger partial charge in [-0.15, -0.1) is 0 Å². The molecule has 0 atom stereocenters. The van der Waals surface area contributed by atoms with E-state index in [0.29, 0.717) is 5.75 Å². The normalized spacial score (nSPS) is 9.84. The molecule has 0 aromatic heterocycles. The number of carbonyl (C=O) groups is 2. The lowest BCUT2D eigenvalue weighted by molar-refractivity contribution is -0.137. The highest BCUT2D eigenvalue weighted by Crippen LogP contribution is 2.39. The molecule has 0 saturated heterocycles. The van der Waals surface area contributed by atoms with Gasteiger partial charge in [-0.25, -0.2) is 9.59 Å². The summed E-state index contributed by atoms with van der Waals surface area (Å²) < 4.78 is 17.1. The topological polar surface area (TPSA) is 73.9 Å². The molecule has 0 fully saturated rings. The maximum absolute atomic E-state index is 11.5. The molecule has 178 valence electrons. The molecule has 31 heavy (non-hydrogen) atoms. The van der Waals surface area contributed by atoms with Crippen LogP contribution in [-0.2, 0) is 19.7 Å². The zero-order valence-corrected chi connectivity index (χ0v) is 22.9. The Balaban J connectivity index is 0. The molecule has 0 aliphatic rings. The molecule has 0 unspecified atom stereocenters. The predicted molar refractivity (Wildman–Crippen MR) is 134 cm³/mol. The van der Waals surface area contributed by atoms with Gasteiger partial charge in [-0.05, 0) is 61.4 Å². The van der Waals surface area contributed by atoms with E-state index in [1.807, 2.05) is 39.8 Å². The van der Waals surface area contributed by atoms with Gasteiger partial charge in [-0.1, -0.05) is 55.0 Å². The van der Waals surface area contributed by atoms with Gasteiger partial charge in [0, 0.05) is 6.08 Å². The Hall–Kier alpha value is -1.54. The van der Waals surface area contributed by atoms with Crippen molar-refractivity contribution in [3.8, 4) is 5.75 Å². The zero-order chi connectivity index (χ0) is 24.4. The molecule has 0 bridgehead atoms. The predicted octanol–water partition coefficient (Wildman–Crippen LogP) is 6.79. The number of hydrogen-bond donors (Lipinski definition) is 1. The zero-order valence-electron chi connectivity index (χ0n) is 19.8. The van der Waals surface area contributed by atoms with Crippen LogP contribution in [-0.4, -0.2) is 38.4 Å². The quantitative estimate of drug-likeness (QED) is 0.192. The van der Waals surface area contributed by atoms with E-state index >= 15 is 0 Å². The molecule has 1 aromatic rings. The van der Waals surface area contributed by atoms with Crippen molar-refractivity contribution in [2.24, 2.45) is 0 Å². The smallest absolute Gasteiger partial charge is 0.407 e. The van der Waals surface area contributed by atoms with Gasteiger partial charge in [-0.3, -0.25) is 0 Å². The van der Waals surface area contributed by atoms with Crippen molar-refractivity contribution in [3.05, 3.63) is 39.3 Å². The molecular weight excluding hydrogens is 530 g/mol. The number of carbonyl (C=O) groups excluding carboxylic acids is 2. The van der Waals surface area contributed by atoms with Crippen molar-refractivity contribution in [1.29, 1.82) is 0 Å². The van der Waals surface area contributed by atoms with Crippen LogP contribution in [0.4, 0.5) is 4.79 Å². The van der Waals surface area contributed by atoms with Crippen molar-refractivity contribution in [2.75, 3.05) is 26.4 Å². The van der Waals surface area contributed by atoms with E-state index in [0.717, 1.165) is 21.4 Å². The molecule has 8 heteroatoms. The Morgan fingerprint density at radius 3 is 2.06 bits per heavy atom. The lowest BCUT2D eigenvalue weighted by Gasteiger charge is -2.24. The lowest BCUT2D eigenvalue weighted by Crippen LogP contribution is -2.29. The largest absolute Gasteiger partial charge is 0.488 e. The van der Waals surface area contributed by atoms with E-state index in [1.165, 1.54) is 5.56 Å². The molecule has 0 radical (unpaired) electrons. The first kappa shape index (κ1) is 31.6. The highest BCUT2D eigenvalue weighted by atomic mass is 79.9. The molecule has 1 N–H and O–H groups in total. The summed E-state index contributed by atoms with van der Waals surface area (Å²) in [6.07, 6.45) is 1.47. The first-order valence-corrected chi connectivity index (χ1v) is 12.1. The van der Waals surface area contributed by atoms with Crippen molar-refractivity contribution in [2.45, 2.75) is 60.3 Å². The van der Waals surface area contributed by atoms with Crippen LogP contribution in [0.2, 0.25) is 0 Å². The van der Waals surface area contributed by atoms with Gasteiger partial charge in [0.25, 0.3) is 0 Å². The Morgan fingerprint density at radius 2 is 1.58 bits per heavy atom. The maximum atomic E-state index is 11.5. The Morgan fingerprint density at radius 1 is 1.03 bits per heavy atom. The fourth-order valence-corrected chi connectivity index (χ4v) is 3.40. The Labute approximate surface area is 204 Å². The first-order valence-electron chi connectivity index (χ1n) is 10.5. The second kappa shape index (κ2) is 18.1. The second-order valence-corrected chi connectivity index (χ2v) is 8.00. The summed E-state index contributed by atoms with van der Waals surface area (Å²) >= 11 is 7.07.